The molecule has 0 atom stereocenters. The predicted octanol–water partition coefficient (Wildman–Crippen LogP) is 2.91. The normalized spacial score (nSPS) is 9.50. The van der Waals surface area contributed by atoms with E-state index in [1.807, 2.05) is 0 Å². The molecule has 0 aliphatic rings. The van der Waals surface area contributed by atoms with Gasteiger partial charge in [-0.3, -0.25) is 9.59 Å². The number of amides is 1. The zero-order valence-corrected chi connectivity index (χ0v) is 12.9. The van der Waals surface area contributed by atoms with Crippen LogP contribution < -0.4 is 15.8 Å². The first-order valence-corrected chi connectivity index (χ1v) is 6.44. The lowest BCUT2D eigenvalue weighted by atomic mass is 10.1. The number of benzene rings is 2. The van der Waals surface area contributed by atoms with Crippen molar-refractivity contribution in [2.45, 2.75) is 6.92 Å². The second-order valence-corrected chi connectivity index (χ2v) is 4.54. The van der Waals surface area contributed by atoms with Crippen LogP contribution in [0.4, 0.5) is 11.4 Å². The van der Waals surface area contributed by atoms with Gasteiger partial charge in [0.2, 0.25) is 5.91 Å². The molecule has 2 aromatic carbocycles. The maximum atomic E-state index is 11.9. The highest BCUT2D eigenvalue weighted by Gasteiger charge is 2.06. The quantitative estimate of drug-likeness (QED) is 0.655. The van der Waals surface area contributed by atoms with Crippen LogP contribution in [0.1, 0.15) is 17.3 Å². The van der Waals surface area contributed by atoms with Gasteiger partial charge in [-0.05, 0) is 48.5 Å². The number of nitrogens with two attached hydrogens (primary N) is 1. The Morgan fingerprint density at radius 2 is 1.64 bits per heavy atom. The largest absolute Gasteiger partial charge is 0.485 e. The summed E-state index contributed by atoms with van der Waals surface area (Å²) in [5, 5.41) is 2.65. The number of anilines is 2. The van der Waals surface area contributed by atoms with Gasteiger partial charge in [0.15, 0.2) is 12.4 Å². The standard InChI is InChI=1S/C16H16N2O3.ClH/c1-11(19)18-14-6-8-15(9-7-14)21-10-16(20)12-2-4-13(17)5-3-12;/h2-9H,10,17H2,1H3,(H,18,19);1H. The minimum absolute atomic E-state index is 0. The van der Waals surface area contributed by atoms with Crippen LogP contribution in [0.25, 0.3) is 0 Å². The summed E-state index contributed by atoms with van der Waals surface area (Å²) in [7, 11) is 0. The SMILES string of the molecule is CC(=O)Nc1ccc(OCC(=O)c2ccc(N)cc2)cc1.Cl. The van der Waals surface area contributed by atoms with Crippen molar-refractivity contribution in [2.24, 2.45) is 0 Å². The first-order valence-electron chi connectivity index (χ1n) is 6.44. The van der Waals surface area contributed by atoms with Crippen LogP contribution in [-0.2, 0) is 4.79 Å². The maximum Gasteiger partial charge on any atom is 0.221 e. The molecule has 1 amide bonds. The Balaban J connectivity index is 0.00000242. The lowest BCUT2D eigenvalue weighted by Crippen LogP contribution is -2.11. The van der Waals surface area contributed by atoms with Crippen LogP contribution in [-0.4, -0.2) is 18.3 Å². The number of hydrogen-bond acceptors (Lipinski definition) is 4. The number of hydrogen-bond donors (Lipinski definition) is 2. The second-order valence-electron chi connectivity index (χ2n) is 4.54. The maximum absolute atomic E-state index is 11.9. The van der Waals surface area contributed by atoms with Crippen molar-refractivity contribution in [3.8, 4) is 5.75 Å². The highest BCUT2D eigenvalue weighted by molar-refractivity contribution is 5.97. The van der Waals surface area contributed by atoms with E-state index in [0.29, 0.717) is 22.7 Å². The van der Waals surface area contributed by atoms with Crippen LogP contribution in [0.15, 0.2) is 48.5 Å². The second kappa shape index (κ2) is 8.05. The summed E-state index contributed by atoms with van der Waals surface area (Å²) in [4.78, 5) is 22.8. The average molecular weight is 321 g/mol. The molecule has 0 heterocycles. The fourth-order valence-corrected chi connectivity index (χ4v) is 1.74. The van der Waals surface area contributed by atoms with Crippen molar-refractivity contribution >= 4 is 35.5 Å². The van der Waals surface area contributed by atoms with Crippen LogP contribution in [0, 0.1) is 0 Å². The third kappa shape index (κ3) is 5.10. The zero-order chi connectivity index (χ0) is 15.2. The minimum Gasteiger partial charge on any atom is -0.485 e. The van der Waals surface area contributed by atoms with Crippen molar-refractivity contribution in [1.82, 2.24) is 0 Å². The number of carbonyl (C=O) groups excluding carboxylic acids is 2. The third-order valence-electron chi connectivity index (χ3n) is 2.78. The Kier molecular flexibility index (Phi) is 6.41. The highest BCUT2D eigenvalue weighted by Crippen LogP contribution is 2.16. The molecule has 22 heavy (non-hydrogen) atoms. The van der Waals surface area contributed by atoms with Crippen LogP contribution in [0.2, 0.25) is 0 Å². The molecule has 0 aliphatic carbocycles. The molecule has 0 aromatic heterocycles. The Labute approximate surface area is 134 Å². The van der Waals surface area contributed by atoms with E-state index < -0.39 is 0 Å². The average Bonchev–Trinajstić information content (AvgIpc) is 2.46. The summed E-state index contributed by atoms with van der Waals surface area (Å²) in [5.41, 5.74) is 7.41. The van der Waals surface area contributed by atoms with Gasteiger partial charge in [0, 0.05) is 23.9 Å². The first kappa shape index (κ1) is 17.5. The first-order chi connectivity index (χ1) is 10.0. The number of halogens is 1. The van der Waals surface area contributed by atoms with Crippen molar-refractivity contribution < 1.29 is 14.3 Å². The molecule has 0 aliphatic heterocycles. The Bertz CT molecular complexity index is 639. The highest BCUT2D eigenvalue weighted by atomic mass is 35.5. The smallest absolute Gasteiger partial charge is 0.221 e. The van der Waals surface area contributed by atoms with E-state index in [2.05, 4.69) is 5.32 Å². The summed E-state index contributed by atoms with van der Waals surface area (Å²) in [6.07, 6.45) is 0. The molecular formula is C16H17ClN2O3. The molecule has 0 saturated heterocycles. The lowest BCUT2D eigenvalue weighted by Gasteiger charge is -2.07. The van der Waals surface area contributed by atoms with Gasteiger partial charge >= 0.3 is 0 Å². The third-order valence-corrected chi connectivity index (χ3v) is 2.78. The predicted molar refractivity (Wildman–Crippen MR) is 88.7 cm³/mol. The van der Waals surface area contributed by atoms with Gasteiger partial charge in [0.05, 0.1) is 0 Å². The monoisotopic (exact) mass is 320 g/mol. The summed E-state index contributed by atoms with van der Waals surface area (Å²) < 4.78 is 5.42. The van der Waals surface area contributed by atoms with Crippen LogP contribution >= 0.6 is 12.4 Å². The van der Waals surface area contributed by atoms with E-state index in [-0.39, 0.29) is 30.7 Å². The van der Waals surface area contributed by atoms with Crippen molar-refractivity contribution in [3.05, 3.63) is 54.1 Å². The van der Waals surface area contributed by atoms with E-state index in [9.17, 15) is 9.59 Å². The summed E-state index contributed by atoms with van der Waals surface area (Å²) in [6.45, 7) is 1.39. The molecule has 3 N–H and O–H groups in total. The molecule has 0 saturated carbocycles. The number of ketones is 1. The van der Waals surface area contributed by atoms with Gasteiger partial charge in [-0.15, -0.1) is 12.4 Å². The minimum atomic E-state index is -0.137. The molecule has 2 aromatic rings. The van der Waals surface area contributed by atoms with Gasteiger partial charge < -0.3 is 15.8 Å². The number of rotatable bonds is 5. The molecule has 116 valence electrons. The van der Waals surface area contributed by atoms with Crippen LogP contribution in [0.5, 0.6) is 5.75 Å². The molecule has 0 unspecified atom stereocenters. The number of nitrogens with one attached hydrogen (secondary N) is 1. The molecule has 0 bridgehead atoms. The topological polar surface area (TPSA) is 81.4 Å². The van der Waals surface area contributed by atoms with Gasteiger partial charge in [0.1, 0.15) is 5.75 Å². The molecular weight excluding hydrogens is 304 g/mol. The Hall–Kier alpha value is -2.53. The van der Waals surface area contributed by atoms with Gasteiger partial charge in [0.25, 0.3) is 0 Å². The zero-order valence-electron chi connectivity index (χ0n) is 12.0. The number of Topliss-reactive ketones (excluding diaryl/α,β-unsaturated/α-hetero) is 1. The van der Waals surface area contributed by atoms with Crippen LogP contribution in [0.3, 0.4) is 0 Å². The number of nitrogen functional groups attached to an aromatic ring is 1. The summed E-state index contributed by atoms with van der Waals surface area (Å²) in [5.74, 6) is 0.302. The Morgan fingerprint density at radius 1 is 1.05 bits per heavy atom. The van der Waals surface area contributed by atoms with E-state index >= 15 is 0 Å². The van der Waals surface area contributed by atoms with Crippen molar-refractivity contribution in [3.63, 3.8) is 0 Å². The van der Waals surface area contributed by atoms with Gasteiger partial charge in [-0.1, -0.05) is 0 Å². The molecule has 2 rings (SSSR count). The van der Waals surface area contributed by atoms with Gasteiger partial charge in [-0.2, -0.15) is 0 Å². The Morgan fingerprint density at radius 3 is 2.18 bits per heavy atom. The van der Waals surface area contributed by atoms with E-state index in [1.165, 1.54) is 6.92 Å². The fourth-order valence-electron chi connectivity index (χ4n) is 1.74. The molecule has 0 fully saturated rings. The molecule has 0 spiro atoms. The fraction of sp³-hybridized carbons (Fsp3) is 0.125. The van der Waals surface area contributed by atoms with E-state index in [4.69, 9.17) is 10.5 Å². The number of ether oxygens (including phenoxy) is 1. The van der Waals surface area contributed by atoms with E-state index in [0.717, 1.165) is 0 Å². The number of carbonyl (C=O) groups is 2. The molecule has 0 radical (unpaired) electrons. The van der Waals surface area contributed by atoms with E-state index in [1.54, 1.807) is 48.5 Å². The lowest BCUT2D eigenvalue weighted by molar-refractivity contribution is -0.114. The molecule has 5 nitrogen and oxygen atoms in total. The van der Waals surface area contributed by atoms with Crippen molar-refractivity contribution in [1.29, 1.82) is 0 Å². The van der Waals surface area contributed by atoms with Crippen molar-refractivity contribution in [2.75, 3.05) is 17.7 Å². The van der Waals surface area contributed by atoms with Gasteiger partial charge in [-0.25, -0.2) is 0 Å². The molecule has 6 heteroatoms. The summed E-state index contributed by atoms with van der Waals surface area (Å²) in [6, 6.07) is 13.5. The summed E-state index contributed by atoms with van der Waals surface area (Å²) >= 11 is 0.